The van der Waals surface area contributed by atoms with Crippen LogP contribution in [0.3, 0.4) is 0 Å². The van der Waals surface area contributed by atoms with E-state index in [1.54, 1.807) is 0 Å². The van der Waals surface area contributed by atoms with Gasteiger partial charge >= 0.3 is 5.97 Å². The predicted octanol–water partition coefficient (Wildman–Crippen LogP) is 4.68. The molecule has 1 fully saturated rings. The first-order valence-electron chi connectivity index (χ1n) is 11.2. The second kappa shape index (κ2) is 9.98. The quantitative estimate of drug-likeness (QED) is 0.587. The number of hydrogen-bond acceptors (Lipinski definition) is 3. The van der Waals surface area contributed by atoms with Crippen molar-refractivity contribution in [2.24, 2.45) is 5.92 Å². The van der Waals surface area contributed by atoms with Crippen LogP contribution in [0, 0.1) is 5.92 Å². The molecule has 0 spiro atoms. The lowest BCUT2D eigenvalue weighted by Gasteiger charge is -2.30. The Bertz CT molecular complexity index is 946. The van der Waals surface area contributed by atoms with Gasteiger partial charge in [0.05, 0.1) is 5.92 Å². The fraction of sp³-hybridized carbons (Fsp3) is 0.423. The van der Waals surface area contributed by atoms with E-state index in [4.69, 9.17) is 0 Å². The van der Waals surface area contributed by atoms with E-state index in [1.165, 1.54) is 19.4 Å². The Morgan fingerprint density at radius 1 is 0.938 bits per heavy atom. The Hall–Kier alpha value is -3.15. The molecule has 0 radical (unpaired) electrons. The number of carbonyl (C=O) groups is 3. The number of carboxylic acids is 1. The normalized spacial score (nSPS) is 19.6. The smallest absolute Gasteiger partial charge is 0.328 e. The summed E-state index contributed by atoms with van der Waals surface area (Å²) in [4.78, 5) is 36.2. The highest BCUT2D eigenvalue weighted by molar-refractivity contribution is 5.95. The van der Waals surface area contributed by atoms with Gasteiger partial charge in [0, 0.05) is 11.6 Å². The molecule has 32 heavy (non-hydrogen) atoms. The summed E-state index contributed by atoms with van der Waals surface area (Å²) in [5.41, 5.74) is 1.69. The molecule has 3 N–H and O–H groups in total. The number of carbonyl (C=O) groups excluding carboxylic acids is 2. The SMILES string of the molecule is CC(C(=O)Nc1ccc(C2CCC(C(=O)NC(C)(C)C(=O)O)CC2)cc1)c1ccccc1. The molecule has 0 saturated heterocycles. The average Bonchev–Trinajstić information content (AvgIpc) is 2.79. The van der Waals surface area contributed by atoms with Crippen LogP contribution in [-0.4, -0.2) is 28.4 Å². The third-order valence-corrected chi connectivity index (χ3v) is 6.41. The van der Waals surface area contributed by atoms with Crippen LogP contribution >= 0.6 is 0 Å². The molecular weight excluding hydrogens is 404 g/mol. The lowest BCUT2D eigenvalue weighted by atomic mass is 9.78. The summed E-state index contributed by atoms with van der Waals surface area (Å²) in [7, 11) is 0. The summed E-state index contributed by atoms with van der Waals surface area (Å²) in [5, 5.41) is 14.8. The molecule has 2 amide bonds. The largest absolute Gasteiger partial charge is 0.480 e. The Kier molecular flexibility index (Phi) is 7.33. The molecule has 3 rings (SSSR count). The lowest BCUT2D eigenvalue weighted by molar-refractivity contribution is -0.146. The molecule has 1 aliphatic carbocycles. The van der Waals surface area contributed by atoms with Gasteiger partial charge in [-0.2, -0.15) is 0 Å². The number of nitrogens with one attached hydrogen (secondary N) is 2. The maximum Gasteiger partial charge on any atom is 0.328 e. The summed E-state index contributed by atoms with van der Waals surface area (Å²) < 4.78 is 0. The zero-order chi connectivity index (χ0) is 23.3. The first-order valence-corrected chi connectivity index (χ1v) is 11.2. The molecule has 0 heterocycles. The number of hydrogen-bond donors (Lipinski definition) is 3. The van der Waals surface area contributed by atoms with Crippen LogP contribution in [0.15, 0.2) is 54.6 Å². The van der Waals surface area contributed by atoms with Crippen molar-refractivity contribution in [3.63, 3.8) is 0 Å². The zero-order valence-corrected chi connectivity index (χ0v) is 18.9. The van der Waals surface area contributed by atoms with Gasteiger partial charge in [0.1, 0.15) is 5.54 Å². The van der Waals surface area contributed by atoms with Crippen LogP contribution < -0.4 is 10.6 Å². The van der Waals surface area contributed by atoms with Gasteiger partial charge in [-0.1, -0.05) is 42.5 Å². The molecular formula is C26H32N2O4. The van der Waals surface area contributed by atoms with Crippen LogP contribution in [0.25, 0.3) is 0 Å². The van der Waals surface area contributed by atoms with Gasteiger partial charge in [0.15, 0.2) is 0 Å². The predicted molar refractivity (Wildman–Crippen MR) is 124 cm³/mol. The van der Waals surface area contributed by atoms with Crippen LogP contribution in [-0.2, 0) is 14.4 Å². The van der Waals surface area contributed by atoms with Crippen LogP contribution in [0.5, 0.6) is 0 Å². The van der Waals surface area contributed by atoms with Crippen molar-refractivity contribution < 1.29 is 19.5 Å². The minimum atomic E-state index is -1.26. The van der Waals surface area contributed by atoms with E-state index in [2.05, 4.69) is 10.6 Å². The molecule has 0 aliphatic heterocycles. The van der Waals surface area contributed by atoms with Gasteiger partial charge in [0.25, 0.3) is 0 Å². The van der Waals surface area contributed by atoms with E-state index in [1.807, 2.05) is 61.5 Å². The number of anilines is 1. The molecule has 2 aromatic rings. The molecule has 2 aromatic carbocycles. The van der Waals surface area contributed by atoms with Crippen LogP contribution in [0.2, 0.25) is 0 Å². The van der Waals surface area contributed by atoms with Crippen LogP contribution in [0.1, 0.15) is 69.4 Å². The Morgan fingerprint density at radius 2 is 1.53 bits per heavy atom. The van der Waals surface area contributed by atoms with Gasteiger partial charge in [-0.05, 0) is 75.6 Å². The van der Waals surface area contributed by atoms with Crippen molar-refractivity contribution in [1.29, 1.82) is 0 Å². The van der Waals surface area contributed by atoms with E-state index in [0.717, 1.165) is 36.9 Å². The van der Waals surface area contributed by atoms with E-state index in [-0.39, 0.29) is 23.7 Å². The van der Waals surface area contributed by atoms with Gasteiger partial charge in [0.2, 0.25) is 11.8 Å². The maximum absolute atomic E-state index is 12.6. The van der Waals surface area contributed by atoms with Crippen molar-refractivity contribution in [2.75, 3.05) is 5.32 Å². The average molecular weight is 437 g/mol. The summed E-state index contributed by atoms with van der Waals surface area (Å²) >= 11 is 0. The highest BCUT2D eigenvalue weighted by atomic mass is 16.4. The summed E-state index contributed by atoms with van der Waals surface area (Å²) in [6, 6.07) is 17.6. The monoisotopic (exact) mass is 436 g/mol. The molecule has 1 aliphatic rings. The Balaban J connectivity index is 1.52. The van der Waals surface area contributed by atoms with Gasteiger partial charge in [-0.15, -0.1) is 0 Å². The first kappa shape index (κ1) is 23.5. The van der Waals surface area contributed by atoms with Crippen molar-refractivity contribution >= 4 is 23.5 Å². The molecule has 170 valence electrons. The summed E-state index contributed by atoms with van der Waals surface area (Å²) in [6.07, 6.45) is 3.23. The molecule has 0 bridgehead atoms. The second-order valence-electron chi connectivity index (χ2n) is 9.21. The highest BCUT2D eigenvalue weighted by Gasteiger charge is 2.33. The van der Waals surface area contributed by atoms with Crippen molar-refractivity contribution in [3.8, 4) is 0 Å². The number of aliphatic carboxylic acids is 1. The number of carboxylic acid groups (broad SMARTS) is 1. The van der Waals surface area contributed by atoms with Gasteiger partial charge in [-0.3, -0.25) is 9.59 Å². The third-order valence-electron chi connectivity index (χ3n) is 6.41. The van der Waals surface area contributed by atoms with E-state index in [9.17, 15) is 19.5 Å². The van der Waals surface area contributed by atoms with E-state index in [0.29, 0.717) is 5.92 Å². The first-order chi connectivity index (χ1) is 15.2. The second-order valence-corrected chi connectivity index (χ2v) is 9.21. The van der Waals surface area contributed by atoms with Gasteiger partial charge in [-0.25, -0.2) is 4.79 Å². The summed E-state index contributed by atoms with van der Waals surface area (Å²) in [6.45, 7) is 4.89. The maximum atomic E-state index is 12.6. The molecule has 1 unspecified atom stereocenters. The molecule has 6 nitrogen and oxygen atoms in total. The van der Waals surface area contributed by atoms with Crippen molar-refractivity contribution in [1.82, 2.24) is 5.32 Å². The number of benzene rings is 2. The fourth-order valence-corrected chi connectivity index (χ4v) is 4.13. The molecule has 1 atom stereocenters. The topological polar surface area (TPSA) is 95.5 Å². The van der Waals surface area contributed by atoms with Gasteiger partial charge < -0.3 is 15.7 Å². The van der Waals surface area contributed by atoms with Crippen molar-refractivity contribution in [2.45, 2.75) is 63.8 Å². The van der Waals surface area contributed by atoms with Crippen molar-refractivity contribution in [3.05, 3.63) is 65.7 Å². The lowest BCUT2D eigenvalue weighted by Crippen LogP contribution is -2.51. The van der Waals surface area contributed by atoms with E-state index < -0.39 is 11.5 Å². The minimum Gasteiger partial charge on any atom is -0.480 e. The highest BCUT2D eigenvalue weighted by Crippen LogP contribution is 2.36. The molecule has 6 heteroatoms. The Labute approximate surface area is 189 Å². The zero-order valence-electron chi connectivity index (χ0n) is 18.9. The number of amides is 2. The molecule has 1 saturated carbocycles. The number of rotatable bonds is 7. The minimum absolute atomic E-state index is 0.0419. The third kappa shape index (κ3) is 5.75. The molecule has 0 aromatic heterocycles. The standard InChI is InChI=1S/C26H32N2O4/c1-17(18-7-5-4-6-8-18)23(29)27-22-15-13-20(14-16-22)19-9-11-21(12-10-19)24(30)28-26(2,3)25(31)32/h4-8,13-17,19,21H,9-12H2,1-3H3,(H,27,29)(H,28,30)(H,31,32). The fourth-order valence-electron chi connectivity index (χ4n) is 4.13. The summed E-state index contributed by atoms with van der Waals surface area (Å²) in [5.74, 6) is -1.28. The van der Waals surface area contributed by atoms with E-state index >= 15 is 0 Å². The Morgan fingerprint density at radius 3 is 2.09 bits per heavy atom. The van der Waals surface area contributed by atoms with Crippen LogP contribution in [0.4, 0.5) is 5.69 Å².